The number of thiocarbonyl (C=S) groups is 1. The van der Waals surface area contributed by atoms with Crippen LogP contribution in [0.1, 0.15) is 0 Å². The van der Waals surface area contributed by atoms with Crippen molar-refractivity contribution >= 4 is 23.1 Å². The van der Waals surface area contributed by atoms with Gasteiger partial charge in [-0.1, -0.05) is 5.16 Å². The number of aliphatic imine (C=N–C) groups is 1. The lowest BCUT2D eigenvalue weighted by atomic mass is 10.2. The first kappa shape index (κ1) is 13.3. The highest BCUT2D eigenvalue weighted by atomic mass is 32.1. The molecule has 3 aromatic rings. The van der Waals surface area contributed by atoms with Crippen molar-refractivity contribution in [3.05, 3.63) is 54.3 Å². The van der Waals surface area contributed by atoms with E-state index < -0.39 is 0 Å². The van der Waals surface area contributed by atoms with Crippen molar-refractivity contribution in [2.24, 2.45) is 4.99 Å². The molecule has 4 nitrogen and oxygen atoms in total. The lowest BCUT2D eigenvalue weighted by Crippen LogP contribution is -1.82. The minimum atomic E-state index is -0.308. The Bertz CT molecular complexity index is 806. The van der Waals surface area contributed by atoms with Crippen LogP contribution in [0.4, 0.5) is 10.1 Å². The number of isothiocyanates is 1. The van der Waals surface area contributed by atoms with Crippen molar-refractivity contribution in [1.82, 2.24) is 10.1 Å². The average molecular weight is 297 g/mol. The summed E-state index contributed by atoms with van der Waals surface area (Å²) in [4.78, 5) is 8.15. The van der Waals surface area contributed by atoms with Gasteiger partial charge in [-0.2, -0.15) is 9.98 Å². The summed E-state index contributed by atoms with van der Waals surface area (Å²) in [6.45, 7) is 0. The molecule has 0 radical (unpaired) electrons. The Morgan fingerprint density at radius 2 is 1.67 bits per heavy atom. The molecule has 0 atom stereocenters. The molecule has 0 aliphatic heterocycles. The lowest BCUT2D eigenvalue weighted by molar-refractivity contribution is 0.432. The van der Waals surface area contributed by atoms with Crippen LogP contribution in [-0.4, -0.2) is 15.3 Å². The van der Waals surface area contributed by atoms with Gasteiger partial charge in [0, 0.05) is 11.1 Å². The third kappa shape index (κ3) is 2.91. The number of rotatable bonds is 3. The zero-order chi connectivity index (χ0) is 14.7. The molecule has 0 saturated carbocycles. The highest BCUT2D eigenvalue weighted by molar-refractivity contribution is 7.78. The van der Waals surface area contributed by atoms with Crippen molar-refractivity contribution < 1.29 is 8.91 Å². The Hall–Kier alpha value is -2.69. The van der Waals surface area contributed by atoms with Crippen LogP contribution in [0.5, 0.6) is 0 Å². The average Bonchev–Trinajstić information content (AvgIpc) is 2.99. The molecule has 102 valence electrons. The second-order valence-electron chi connectivity index (χ2n) is 4.18. The van der Waals surface area contributed by atoms with Gasteiger partial charge in [0.1, 0.15) is 5.82 Å². The first-order valence-electron chi connectivity index (χ1n) is 6.04. The van der Waals surface area contributed by atoms with E-state index in [1.54, 1.807) is 36.4 Å². The van der Waals surface area contributed by atoms with Gasteiger partial charge in [0.25, 0.3) is 5.89 Å². The van der Waals surface area contributed by atoms with Crippen LogP contribution in [0.2, 0.25) is 0 Å². The van der Waals surface area contributed by atoms with E-state index in [4.69, 9.17) is 4.52 Å². The van der Waals surface area contributed by atoms with E-state index >= 15 is 0 Å². The first-order valence-corrected chi connectivity index (χ1v) is 6.45. The highest BCUT2D eigenvalue weighted by Gasteiger charge is 2.10. The molecule has 2 aromatic carbocycles. The number of hydrogen-bond donors (Lipinski definition) is 0. The van der Waals surface area contributed by atoms with Crippen LogP contribution >= 0.6 is 12.2 Å². The van der Waals surface area contributed by atoms with Crippen LogP contribution in [0.25, 0.3) is 22.8 Å². The standard InChI is InChI=1S/C15H8FN3OS/c16-12-5-1-10(2-6-12)14-18-15(20-19-14)11-3-7-13(8-4-11)17-9-21/h1-8H. The fraction of sp³-hybridized carbons (Fsp3) is 0. The molecule has 0 aliphatic rings. The minimum absolute atomic E-state index is 0.308. The summed E-state index contributed by atoms with van der Waals surface area (Å²) in [5, 5.41) is 6.19. The largest absolute Gasteiger partial charge is 0.334 e. The van der Waals surface area contributed by atoms with Gasteiger partial charge in [0.2, 0.25) is 5.82 Å². The summed E-state index contributed by atoms with van der Waals surface area (Å²) in [6.07, 6.45) is 0. The van der Waals surface area contributed by atoms with Crippen molar-refractivity contribution in [2.45, 2.75) is 0 Å². The number of halogens is 1. The fourth-order valence-electron chi connectivity index (χ4n) is 1.79. The smallest absolute Gasteiger partial charge is 0.258 e. The summed E-state index contributed by atoms with van der Waals surface area (Å²) >= 11 is 4.54. The number of hydrogen-bond acceptors (Lipinski definition) is 5. The number of nitrogens with zero attached hydrogens (tertiary/aromatic N) is 3. The Balaban J connectivity index is 1.90. The minimum Gasteiger partial charge on any atom is -0.334 e. The molecule has 3 rings (SSSR count). The molecule has 0 aliphatic carbocycles. The quantitative estimate of drug-likeness (QED) is 0.535. The molecule has 0 bridgehead atoms. The zero-order valence-electron chi connectivity index (χ0n) is 10.7. The maximum atomic E-state index is 12.9. The predicted molar refractivity (Wildman–Crippen MR) is 79.8 cm³/mol. The van der Waals surface area contributed by atoms with Gasteiger partial charge in [0.05, 0.1) is 10.8 Å². The maximum absolute atomic E-state index is 12.9. The second-order valence-corrected chi connectivity index (χ2v) is 4.36. The van der Waals surface area contributed by atoms with E-state index in [9.17, 15) is 4.39 Å². The van der Waals surface area contributed by atoms with Crippen molar-refractivity contribution in [2.75, 3.05) is 0 Å². The predicted octanol–water partition coefficient (Wildman–Crippen LogP) is 4.28. The van der Waals surface area contributed by atoms with Crippen LogP contribution in [0, 0.1) is 5.82 Å². The third-order valence-corrected chi connectivity index (χ3v) is 2.91. The highest BCUT2D eigenvalue weighted by Crippen LogP contribution is 2.24. The van der Waals surface area contributed by atoms with Gasteiger partial charge in [-0.3, -0.25) is 0 Å². The van der Waals surface area contributed by atoms with Gasteiger partial charge in [-0.15, -0.1) is 0 Å². The molecule has 0 spiro atoms. The summed E-state index contributed by atoms with van der Waals surface area (Å²) in [5.41, 5.74) is 2.15. The SMILES string of the molecule is Fc1ccc(-c2noc(-c3ccc(N=C=S)cc3)n2)cc1. The molecular formula is C15H8FN3OS. The van der Waals surface area contributed by atoms with Crippen molar-refractivity contribution in [3.8, 4) is 22.8 Å². The van der Waals surface area contributed by atoms with E-state index in [1.807, 2.05) is 0 Å². The van der Waals surface area contributed by atoms with Gasteiger partial charge in [-0.05, 0) is 60.7 Å². The number of aromatic nitrogens is 2. The van der Waals surface area contributed by atoms with Crippen molar-refractivity contribution in [1.29, 1.82) is 0 Å². The van der Waals surface area contributed by atoms with E-state index in [0.29, 0.717) is 23.0 Å². The summed E-state index contributed by atoms with van der Waals surface area (Å²) in [6, 6.07) is 13.0. The van der Waals surface area contributed by atoms with E-state index in [-0.39, 0.29) is 5.82 Å². The fourth-order valence-corrected chi connectivity index (χ4v) is 1.89. The summed E-state index contributed by atoms with van der Waals surface area (Å²) < 4.78 is 18.1. The molecule has 0 N–H and O–H groups in total. The van der Waals surface area contributed by atoms with Crippen LogP contribution in [0.15, 0.2) is 58.0 Å². The summed E-state index contributed by atoms with van der Waals surface area (Å²) in [7, 11) is 0. The Morgan fingerprint density at radius 1 is 1.00 bits per heavy atom. The summed E-state index contributed by atoms with van der Waals surface area (Å²) in [5.74, 6) is 0.482. The third-order valence-electron chi connectivity index (χ3n) is 2.82. The van der Waals surface area contributed by atoms with Crippen LogP contribution in [0.3, 0.4) is 0 Å². The van der Waals surface area contributed by atoms with Gasteiger partial charge in [0.15, 0.2) is 0 Å². The Morgan fingerprint density at radius 3 is 2.33 bits per heavy atom. The topological polar surface area (TPSA) is 51.3 Å². The Labute approximate surface area is 125 Å². The van der Waals surface area contributed by atoms with Gasteiger partial charge in [-0.25, -0.2) is 4.39 Å². The molecule has 21 heavy (non-hydrogen) atoms. The van der Waals surface area contributed by atoms with E-state index in [0.717, 1.165) is 5.56 Å². The normalized spacial score (nSPS) is 10.1. The molecule has 0 saturated heterocycles. The first-order chi connectivity index (χ1) is 10.3. The molecule has 1 heterocycles. The number of benzene rings is 2. The van der Waals surface area contributed by atoms with Gasteiger partial charge < -0.3 is 4.52 Å². The molecule has 0 amide bonds. The molecule has 0 fully saturated rings. The second kappa shape index (κ2) is 5.75. The van der Waals surface area contributed by atoms with Crippen LogP contribution in [-0.2, 0) is 0 Å². The molecular weight excluding hydrogens is 289 g/mol. The Kier molecular flexibility index (Phi) is 3.64. The van der Waals surface area contributed by atoms with E-state index in [2.05, 4.69) is 32.5 Å². The molecule has 1 aromatic heterocycles. The molecule has 0 unspecified atom stereocenters. The monoisotopic (exact) mass is 297 g/mol. The van der Waals surface area contributed by atoms with Gasteiger partial charge >= 0.3 is 0 Å². The molecule has 6 heteroatoms. The van der Waals surface area contributed by atoms with Crippen LogP contribution < -0.4 is 0 Å². The van der Waals surface area contributed by atoms with E-state index in [1.165, 1.54) is 12.1 Å². The lowest BCUT2D eigenvalue weighted by Gasteiger charge is -1.94. The zero-order valence-corrected chi connectivity index (χ0v) is 11.5. The maximum Gasteiger partial charge on any atom is 0.258 e. The van der Waals surface area contributed by atoms with Crippen molar-refractivity contribution in [3.63, 3.8) is 0 Å².